The van der Waals surface area contributed by atoms with Crippen LogP contribution < -0.4 is 0 Å². The van der Waals surface area contributed by atoms with Gasteiger partial charge in [0.1, 0.15) is 0 Å². The van der Waals surface area contributed by atoms with Crippen molar-refractivity contribution >= 4 is 17.6 Å². The van der Waals surface area contributed by atoms with E-state index in [9.17, 15) is 0 Å². The fourth-order valence-electron chi connectivity index (χ4n) is 2.52. The first-order valence-electron chi connectivity index (χ1n) is 8.35. The molecule has 0 amide bonds. The molecular weight excluding hydrogens is 262 g/mol. The molecule has 0 spiro atoms. The van der Waals surface area contributed by atoms with E-state index in [1.165, 1.54) is 74.6 Å². The Kier molecular flexibility index (Phi) is 9.65. The Hall–Kier alpha value is -0.630. The lowest BCUT2D eigenvalue weighted by Gasteiger charge is -1.99. The van der Waals surface area contributed by atoms with Crippen LogP contribution in [-0.4, -0.2) is 13.3 Å². The summed E-state index contributed by atoms with van der Waals surface area (Å²) in [6.07, 6.45) is 15.3. The smallest absolute Gasteiger partial charge is 0.0483 e. The van der Waals surface area contributed by atoms with Crippen molar-refractivity contribution in [3.63, 3.8) is 0 Å². The summed E-state index contributed by atoms with van der Waals surface area (Å²) in [5.41, 5.74) is 1.53. The van der Waals surface area contributed by atoms with Crippen LogP contribution in [0.4, 0.5) is 0 Å². The van der Waals surface area contributed by atoms with Gasteiger partial charge in [-0.1, -0.05) is 52.4 Å². The van der Waals surface area contributed by atoms with Gasteiger partial charge < -0.3 is 0 Å². The SMILES string of the molecule is CCCCCCc1cc(CCCCCC)c(C=NC)s1. The van der Waals surface area contributed by atoms with Gasteiger partial charge >= 0.3 is 0 Å². The van der Waals surface area contributed by atoms with Crippen LogP contribution in [-0.2, 0) is 12.8 Å². The summed E-state index contributed by atoms with van der Waals surface area (Å²) in [5, 5.41) is 0. The molecule has 0 saturated carbocycles. The molecule has 0 fully saturated rings. The summed E-state index contributed by atoms with van der Waals surface area (Å²) in [6.45, 7) is 4.55. The van der Waals surface area contributed by atoms with Crippen LogP contribution in [0.3, 0.4) is 0 Å². The highest BCUT2D eigenvalue weighted by atomic mass is 32.1. The fourth-order valence-corrected chi connectivity index (χ4v) is 3.70. The molecule has 1 aromatic heterocycles. The Morgan fingerprint density at radius 2 is 1.60 bits per heavy atom. The highest BCUT2D eigenvalue weighted by Crippen LogP contribution is 2.25. The second-order valence-electron chi connectivity index (χ2n) is 5.61. The predicted molar refractivity (Wildman–Crippen MR) is 93.5 cm³/mol. The normalized spacial score (nSPS) is 11.6. The van der Waals surface area contributed by atoms with Crippen molar-refractivity contribution < 1.29 is 0 Å². The quantitative estimate of drug-likeness (QED) is 0.348. The zero-order valence-electron chi connectivity index (χ0n) is 13.6. The lowest BCUT2D eigenvalue weighted by Crippen LogP contribution is -1.88. The Balaban J connectivity index is 2.50. The van der Waals surface area contributed by atoms with Crippen LogP contribution >= 0.6 is 11.3 Å². The predicted octanol–water partition coefficient (Wildman–Crippen LogP) is 6.04. The van der Waals surface area contributed by atoms with Crippen molar-refractivity contribution in [2.75, 3.05) is 7.05 Å². The molecule has 1 aromatic rings. The van der Waals surface area contributed by atoms with E-state index in [-0.39, 0.29) is 0 Å². The van der Waals surface area contributed by atoms with Gasteiger partial charge in [0.2, 0.25) is 0 Å². The Morgan fingerprint density at radius 3 is 2.20 bits per heavy atom. The van der Waals surface area contributed by atoms with Gasteiger partial charge in [0, 0.05) is 23.0 Å². The second-order valence-corrected chi connectivity index (χ2v) is 6.78. The number of aryl methyl sites for hydroxylation is 2. The van der Waals surface area contributed by atoms with Crippen molar-refractivity contribution in [2.45, 2.75) is 78.1 Å². The van der Waals surface area contributed by atoms with Crippen LogP contribution in [0.2, 0.25) is 0 Å². The van der Waals surface area contributed by atoms with Gasteiger partial charge in [-0.05, 0) is 37.3 Å². The largest absolute Gasteiger partial charge is 0.295 e. The van der Waals surface area contributed by atoms with E-state index in [2.05, 4.69) is 31.1 Å². The molecular formula is C18H31NS. The van der Waals surface area contributed by atoms with E-state index < -0.39 is 0 Å². The van der Waals surface area contributed by atoms with E-state index >= 15 is 0 Å². The number of hydrogen-bond acceptors (Lipinski definition) is 2. The third-order valence-electron chi connectivity index (χ3n) is 3.72. The molecule has 114 valence electrons. The minimum absolute atomic E-state index is 1.23. The summed E-state index contributed by atoms with van der Waals surface area (Å²) < 4.78 is 0. The highest BCUT2D eigenvalue weighted by Gasteiger charge is 2.07. The molecule has 0 aliphatic heterocycles. The molecule has 1 rings (SSSR count). The molecule has 0 atom stereocenters. The number of aliphatic imine (C=N–C) groups is 1. The molecule has 0 aliphatic rings. The van der Waals surface area contributed by atoms with Gasteiger partial charge in [0.15, 0.2) is 0 Å². The Labute approximate surface area is 129 Å². The summed E-state index contributed by atoms with van der Waals surface area (Å²) in [6, 6.07) is 2.44. The minimum Gasteiger partial charge on any atom is -0.295 e. The maximum atomic E-state index is 4.22. The Bertz CT molecular complexity index is 379. The van der Waals surface area contributed by atoms with Crippen molar-refractivity contribution in [2.24, 2.45) is 4.99 Å². The number of thiophene rings is 1. The van der Waals surface area contributed by atoms with Gasteiger partial charge in [-0.2, -0.15) is 0 Å². The highest BCUT2D eigenvalue weighted by molar-refractivity contribution is 7.13. The number of hydrogen-bond donors (Lipinski definition) is 0. The van der Waals surface area contributed by atoms with Gasteiger partial charge in [0.05, 0.1) is 0 Å². The maximum Gasteiger partial charge on any atom is 0.0483 e. The molecule has 0 unspecified atom stereocenters. The second kappa shape index (κ2) is 11.1. The fraction of sp³-hybridized carbons (Fsp3) is 0.722. The van der Waals surface area contributed by atoms with E-state index in [1.54, 1.807) is 4.88 Å². The van der Waals surface area contributed by atoms with E-state index in [4.69, 9.17) is 0 Å². The van der Waals surface area contributed by atoms with E-state index in [0.29, 0.717) is 0 Å². The first-order chi connectivity index (χ1) is 9.81. The lowest BCUT2D eigenvalue weighted by molar-refractivity contribution is 0.664. The standard InChI is InChI=1S/C18H31NS/c1-4-6-8-10-12-16-14-17(13-11-9-7-5-2)20-18(16)15-19-3/h14-15H,4-13H2,1-3H3. The van der Waals surface area contributed by atoms with E-state index in [0.717, 1.165) is 0 Å². The summed E-state index contributed by atoms with van der Waals surface area (Å²) in [4.78, 5) is 7.17. The molecule has 0 aromatic carbocycles. The minimum atomic E-state index is 1.23. The van der Waals surface area contributed by atoms with Crippen molar-refractivity contribution in [3.05, 3.63) is 21.4 Å². The van der Waals surface area contributed by atoms with Crippen LogP contribution in [0.1, 0.15) is 80.5 Å². The molecule has 0 bridgehead atoms. The summed E-state index contributed by atoms with van der Waals surface area (Å²) in [5.74, 6) is 0. The Morgan fingerprint density at radius 1 is 0.950 bits per heavy atom. The van der Waals surface area contributed by atoms with Crippen LogP contribution in [0.25, 0.3) is 0 Å². The number of nitrogens with zero attached hydrogens (tertiary/aromatic N) is 1. The average molecular weight is 294 g/mol. The maximum absolute atomic E-state index is 4.22. The molecule has 2 heteroatoms. The molecule has 1 heterocycles. The molecule has 0 radical (unpaired) electrons. The average Bonchev–Trinajstić information content (AvgIpc) is 2.83. The molecule has 0 N–H and O–H groups in total. The van der Waals surface area contributed by atoms with Gasteiger partial charge in [-0.15, -0.1) is 11.3 Å². The molecule has 1 nitrogen and oxygen atoms in total. The third-order valence-corrected chi connectivity index (χ3v) is 4.89. The van der Waals surface area contributed by atoms with Crippen molar-refractivity contribution in [1.29, 1.82) is 0 Å². The number of unbranched alkanes of at least 4 members (excludes halogenated alkanes) is 6. The van der Waals surface area contributed by atoms with Gasteiger partial charge in [0.25, 0.3) is 0 Å². The summed E-state index contributed by atoms with van der Waals surface area (Å²) in [7, 11) is 1.88. The monoisotopic (exact) mass is 293 g/mol. The van der Waals surface area contributed by atoms with Crippen LogP contribution in [0.15, 0.2) is 11.1 Å². The van der Waals surface area contributed by atoms with Crippen molar-refractivity contribution in [1.82, 2.24) is 0 Å². The van der Waals surface area contributed by atoms with Crippen molar-refractivity contribution in [3.8, 4) is 0 Å². The van der Waals surface area contributed by atoms with Gasteiger partial charge in [-0.3, -0.25) is 4.99 Å². The third kappa shape index (κ3) is 6.69. The number of rotatable bonds is 11. The molecule has 20 heavy (non-hydrogen) atoms. The van der Waals surface area contributed by atoms with Crippen LogP contribution in [0, 0.1) is 0 Å². The first kappa shape index (κ1) is 17.4. The van der Waals surface area contributed by atoms with Gasteiger partial charge in [-0.25, -0.2) is 0 Å². The molecule has 0 aliphatic carbocycles. The molecule has 0 saturated heterocycles. The zero-order valence-corrected chi connectivity index (χ0v) is 14.4. The lowest BCUT2D eigenvalue weighted by atomic mass is 10.1. The zero-order chi connectivity index (χ0) is 14.6. The summed E-state index contributed by atoms with van der Waals surface area (Å²) >= 11 is 1.96. The van der Waals surface area contributed by atoms with E-state index in [1.807, 2.05) is 18.4 Å². The first-order valence-corrected chi connectivity index (χ1v) is 9.17. The van der Waals surface area contributed by atoms with Crippen LogP contribution in [0.5, 0.6) is 0 Å². The topological polar surface area (TPSA) is 12.4 Å².